The van der Waals surface area contributed by atoms with Crippen LogP contribution in [0.4, 0.5) is 4.39 Å². The van der Waals surface area contributed by atoms with Gasteiger partial charge in [0.15, 0.2) is 0 Å². The Labute approximate surface area is 125 Å². The number of hydrogen-bond donors (Lipinski definition) is 1. The minimum absolute atomic E-state index is 0.132. The van der Waals surface area contributed by atoms with Crippen molar-refractivity contribution in [3.05, 3.63) is 64.4 Å². The van der Waals surface area contributed by atoms with E-state index in [9.17, 15) is 4.39 Å². The van der Waals surface area contributed by atoms with Crippen LogP contribution in [0.2, 0.25) is 0 Å². The van der Waals surface area contributed by atoms with Crippen molar-refractivity contribution in [1.82, 2.24) is 5.32 Å². The summed E-state index contributed by atoms with van der Waals surface area (Å²) >= 11 is 5.28. The summed E-state index contributed by atoms with van der Waals surface area (Å²) in [6.07, 6.45) is 0. The highest BCUT2D eigenvalue weighted by atomic mass is 79.9. The Morgan fingerprint density at radius 3 is 2.68 bits per heavy atom. The Morgan fingerprint density at radius 1 is 1.21 bits per heavy atom. The van der Waals surface area contributed by atoms with Crippen molar-refractivity contribution < 1.29 is 4.39 Å². The number of rotatable bonds is 5. The van der Waals surface area contributed by atoms with E-state index >= 15 is 0 Å². The Balaban J connectivity index is 2.06. The molecule has 1 nitrogen and oxygen atoms in total. The van der Waals surface area contributed by atoms with Crippen molar-refractivity contribution >= 4 is 27.7 Å². The van der Waals surface area contributed by atoms with Gasteiger partial charge in [0.25, 0.3) is 0 Å². The van der Waals surface area contributed by atoms with E-state index in [1.807, 2.05) is 31.3 Å². The van der Waals surface area contributed by atoms with E-state index in [4.69, 9.17) is 0 Å². The van der Waals surface area contributed by atoms with E-state index in [0.717, 1.165) is 15.8 Å². The molecule has 100 valence electrons. The van der Waals surface area contributed by atoms with E-state index in [-0.39, 0.29) is 11.9 Å². The molecule has 1 unspecified atom stereocenters. The second-order valence-electron chi connectivity index (χ2n) is 4.14. The average molecular weight is 340 g/mol. The standard InChI is InChI=1S/C15H15BrFNS/c1-18-14(11-5-4-6-12(17)9-11)10-19-15-8-3-2-7-13(15)16/h2-9,14,18H,10H2,1H3. The van der Waals surface area contributed by atoms with Crippen LogP contribution in [0.1, 0.15) is 11.6 Å². The van der Waals surface area contributed by atoms with Crippen molar-refractivity contribution in [1.29, 1.82) is 0 Å². The van der Waals surface area contributed by atoms with Gasteiger partial charge in [-0.2, -0.15) is 0 Å². The first-order chi connectivity index (χ1) is 9.20. The topological polar surface area (TPSA) is 12.0 Å². The zero-order chi connectivity index (χ0) is 13.7. The van der Waals surface area contributed by atoms with Crippen LogP contribution < -0.4 is 5.32 Å². The van der Waals surface area contributed by atoms with E-state index in [1.165, 1.54) is 11.0 Å². The molecule has 1 N–H and O–H groups in total. The van der Waals surface area contributed by atoms with Gasteiger partial charge < -0.3 is 5.32 Å². The summed E-state index contributed by atoms with van der Waals surface area (Å²) in [5.74, 6) is 0.659. The largest absolute Gasteiger partial charge is 0.312 e. The highest BCUT2D eigenvalue weighted by Gasteiger charge is 2.11. The van der Waals surface area contributed by atoms with Gasteiger partial charge in [-0.3, -0.25) is 0 Å². The fraction of sp³-hybridized carbons (Fsp3) is 0.200. The molecule has 0 fully saturated rings. The second kappa shape index (κ2) is 7.08. The lowest BCUT2D eigenvalue weighted by atomic mass is 10.1. The summed E-state index contributed by atoms with van der Waals surface area (Å²) in [4.78, 5) is 1.19. The number of nitrogens with one attached hydrogen (secondary N) is 1. The molecule has 19 heavy (non-hydrogen) atoms. The number of benzene rings is 2. The molecule has 4 heteroatoms. The average Bonchev–Trinajstić information content (AvgIpc) is 2.41. The maximum absolute atomic E-state index is 13.2. The minimum Gasteiger partial charge on any atom is -0.312 e. The van der Waals surface area contributed by atoms with Crippen molar-refractivity contribution in [2.75, 3.05) is 12.8 Å². The number of hydrogen-bond acceptors (Lipinski definition) is 2. The van der Waals surface area contributed by atoms with Gasteiger partial charge in [0.2, 0.25) is 0 Å². The summed E-state index contributed by atoms with van der Waals surface area (Å²) in [5, 5.41) is 3.23. The third kappa shape index (κ3) is 4.06. The molecule has 2 aromatic rings. The monoisotopic (exact) mass is 339 g/mol. The molecule has 1 atom stereocenters. The Hall–Kier alpha value is -0.840. The molecule has 0 aliphatic heterocycles. The minimum atomic E-state index is -0.191. The van der Waals surface area contributed by atoms with Gasteiger partial charge in [0.1, 0.15) is 5.82 Å². The fourth-order valence-electron chi connectivity index (χ4n) is 1.80. The zero-order valence-corrected chi connectivity index (χ0v) is 13.0. The van der Waals surface area contributed by atoms with Crippen LogP contribution in [0.25, 0.3) is 0 Å². The van der Waals surface area contributed by atoms with Crippen LogP contribution in [0.15, 0.2) is 57.9 Å². The lowest BCUT2D eigenvalue weighted by Crippen LogP contribution is -2.18. The fourth-order valence-corrected chi connectivity index (χ4v) is 3.52. The lowest BCUT2D eigenvalue weighted by Gasteiger charge is -2.16. The van der Waals surface area contributed by atoms with Crippen molar-refractivity contribution in [2.24, 2.45) is 0 Å². The predicted octanol–water partition coefficient (Wildman–Crippen LogP) is 4.64. The Kier molecular flexibility index (Phi) is 5.43. The van der Waals surface area contributed by atoms with Gasteiger partial charge in [0, 0.05) is 21.2 Å². The molecule has 2 aromatic carbocycles. The van der Waals surface area contributed by atoms with E-state index in [0.29, 0.717) is 0 Å². The van der Waals surface area contributed by atoms with Crippen LogP contribution in [0, 0.1) is 5.82 Å². The van der Waals surface area contributed by atoms with E-state index in [2.05, 4.69) is 27.3 Å². The number of thioether (sulfide) groups is 1. The quantitative estimate of drug-likeness (QED) is 0.796. The highest BCUT2D eigenvalue weighted by molar-refractivity contribution is 9.10. The SMILES string of the molecule is CNC(CSc1ccccc1Br)c1cccc(F)c1. The summed E-state index contributed by atoms with van der Waals surface area (Å²) in [6, 6.07) is 15.0. The highest BCUT2D eigenvalue weighted by Crippen LogP contribution is 2.30. The normalized spacial score (nSPS) is 12.4. The molecule has 0 aromatic heterocycles. The molecule has 0 spiro atoms. The smallest absolute Gasteiger partial charge is 0.123 e. The molecule has 0 radical (unpaired) electrons. The number of halogens is 2. The van der Waals surface area contributed by atoms with Gasteiger partial charge in [0.05, 0.1) is 0 Å². The van der Waals surface area contributed by atoms with Crippen LogP contribution in [0.3, 0.4) is 0 Å². The molecule has 0 heterocycles. The van der Waals surface area contributed by atoms with E-state index in [1.54, 1.807) is 23.9 Å². The van der Waals surface area contributed by atoms with Crippen LogP contribution in [0.5, 0.6) is 0 Å². The summed E-state index contributed by atoms with van der Waals surface area (Å²) in [6.45, 7) is 0. The molecular formula is C15H15BrFNS. The molecule has 0 saturated heterocycles. The van der Waals surface area contributed by atoms with Crippen molar-refractivity contribution in [3.63, 3.8) is 0 Å². The first-order valence-corrected chi connectivity index (χ1v) is 7.78. The van der Waals surface area contributed by atoms with Crippen molar-refractivity contribution in [2.45, 2.75) is 10.9 Å². The zero-order valence-electron chi connectivity index (χ0n) is 10.6. The third-order valence-electron chi connectivity index (χ3n) is 2.84. The maximum Gasteiger partial charge on any atom is 0.123 e. The van der Waals surface area contributed by atoms with Gasteiger partial charge in [-0.25, -0.2) is 4.39 Å². The Bertz CT molecular complexity index is 547. The molecule has 0 aliphatic carbocycles. The van der Waals surface area contributed by atoms with Crippen LogP contribution in [-0.2, 0) is 0 Å². The summed E-state index contributed by atoms with van der Waals surface area (Å²) in [5.41, 5.74) is 0.974. The molecular weight excluding hydrogens is 325 g/mol. The Morgan fingerprint density at radius 2 is 2.00 bits per heavy atom. The summed E-state index contributed by atoms with van der Waals surface area (Å²) in [7, 11) is 1.90. The molecule has 0 saturated carbocycles. The van der Waals surface area contributed by atoms with Gasteiger partial charge >= 0.3 is 0 Å². The molecule has 0 bridgehead atoms. The lowest BCUT2D eigenvalue weighted by molar-refractivity contribution is 0.611. The first kappa shape index (κ1) is 14.6. The molecule has 0 aliphatic rings. The summed E-state index contributed by atoms with van der Waals surface area (Å²) < 4.78 is 14.3. The predicted molar refractivity (Wildman–Crippen MR) is 83.1 cm³/mol. The maximum atomic E-state index is 13.2. The molecule has 0 amide bonds. The van der Waals surface area contributed by atoms with Gasteiger partial charge in [-0.1, -0.05) is 24.3 Å². The van der Waals surface area contributed by atoms with Crippen LogP contribution in [-0.4, -0.2) is 12.8 Å². The van der Waals surface area contributed by atoms with Gasteiger partial charge in [-0.15, -0.1) is 11.8 Å². The molecule has 2 rings (SSSR count). The third-order valence-corrected chi connectivity index (χ3v) is 4.96. The van der Waals surface area contributed by atoms with Gasteiger partial charge in [-0.05, 0) is 52.8 Å². The second-order valence-corrected chi connectivity index (χ2v) is 6.05. The van der Waals surface area contributed by atoms with Crippen molar-refractivity contribution in [3.8, 4) is 0 Å². The van der Waals surface area contributed by atoms with E-state index < -0.39 is 0 Å². The van der Waals surface area contributed by atoms with Crippen LogP contribution >= 0.6 is 27.7 Å². The first-order valence-electron chi connectivity index (χ1n) is 6.01.